The molecule has 0 unspecified atom stereocenters. The average Bonchev–Trinajstić information content (AvgIpc) is 3.36. The SMILES string of the molecule is C[C@@H]1CNCCN1CC(=O)Nc1cc(-n2nnnc2C2CC2)ccc1F. The number of nitrogens with one attached hydrogen (secondary N) is 2. The molecule has 1 aliphatic heterocycles. The Morgan fingerprint density at radius 2 is 2.27 bits per heavy atom. The number of carbonyl (C=O) groups excluding carboxylic acids is 1. The number of nitrogens with zero attached hydrogens (tertiary/aromatic N) is 5. The highest BCUT2D eigenvalue weighted by atomic mass is 19.1. The molecule has 1 aromatic carbocycles. The molecule has 4 rings (SSSR count). The van der Waals surface area contributed by atoms with Gasteiger partial charge < -0.3 is 10.6 Å². The molecule has 1 amide bonds. The van der Waals surface area contributed by atoms with Gasteiger partial charge in [-0.2, -0.15) is 4.68 Å². The minimum absolute atomic E-state index is 0.146. The van der Waals surface area contributed by atoms with Crippen LogP contribution in [0.25, 0.3) is 5.69 Å². The fourth-order valence-corrected chi connectivity index (χ4v) is 3.21. The number of aromatic nitrogens is 4. The number of piperazine rings is 1. The summed E-state index contributed by atoms with van der Waals surface area (Å²) in [5.41, 5.74) is 0.789. The van der Waals surface area contributed by atoms with E-state index < -0.39 is 5.82 Å². The van der Waals surface area contributed by atoms with Crippen LogP contribution in [0.1, 0.15) is 31.5 Å². The average molecular weight is 359 g/mol. The van der Waals surface area contributed by atoms with Gasteiger partial charge in [-0.1, -0.05) is 0 Å². The summed E-state index contributed by atoms with van der Waals surface area (Å²) >= 11 is 0. The van der Waals surface area contributed by atoms with Crippen LogP contribution in [0.15, 0.2) is 18.2 Å². The maximum Gasteiger partial charge on any atom is 0.238 e. The first-order chi connectivity index (χ1) is 12.6. The summed E-state index contributed by atoms with van der Waals surface area (Å²) in [7, 11) is 0. The third-order valence-electron chi connectivity index (χ3n) is 4.89. The van der Waals surface area contributed by atoms with Crippen molar-refractivity contribution in [1.29, 1.82) is 0 Å². The van der Waals surface area contributed by atoms with Gasteiger partial charge in [-0.15, -0.1) is 5.10 Å². The van der Waals surface area contributed by atoms with E-state index in [2.05, 4.69) is 38.0 Å². The topological polar surface area (TPSA) is 88.0 Å². The predicted molar refractivity (Wildman–Crippen MR) is 93.6 cm³/mol. The highest BCUT2D eigenvalue weighted by Gasteiger charge is 2.30. The van der Waals surface area contributed by atoms with E-state index in [1.165, 1.54) is 6.07 Å². The summed E-state index contributed by atoms with van der Waals surface area (Å²) < 4.78 is 15.8. The Bertz CT molecular complexity index is 804. The van der Waals surface area contributed by atoms with Crippen LogP contribution in [-0.4, -0.2) is 63.2 Å². The molecular formula is C17H22FN7O. The minimum atomic E-state index is -0.475. The van der Waals surface area contributed by atoms with Crippen molar-refractivity contribution < 1.29 is 9.18 Å². The van der Waals surface area contributed by atoms with Gasteiger partial charge >= 0.3 is 0 Å². The molecule has 8 nitrogen and oxygen atoms in total. The Morgan fingerprint density at radius 3 is 3.04 bits per heavy atom. The minimum Gasteiger partial charge on any atom is -0.322 e. The van der Waals surface area contributed by atoms with Gasteiger partial charge in [0, 0.05) is 31.6 Å². The van der Waals surface area contributed by atoms with Gasteiger partial charge in [0.1, 0.15) is 5.82 Å². The van der Waals surface area contributed by atoms with Crippen LogP contribution in [-0.2, 0) is 4.79 Å². The number of anilines is 1. The highest BCUT2D eigenvalue weighted by Crippen LogP contribution is 2.39. The molecule has 1 aliphatic carbocycles. The Balaban J connectivity index is 1.49. The molecule has 1 saturated heterocycles. The van der Waals surface area contributed by atoms with Crippen LogP contribution in [0, 0.1) is 5.82 Å². The van der Waals surface area contributed by atoms with Gasteiger partial charge in [0.05, 0.1) is 17.9 Å². The molecule has 2 aliphatic rings. The third-order valence-corrected chi connectivity index (χ3v) is 4.89. The quantitative estimate of drug-likeness (QED) is 0.825. The van der Waals surface area contributed by atoms with E-state index >= 15 is 0 Å². The van der Waals surface area contributed by atoms with E-state index in [4.69, 9.17) is 0 Å². The van der Waals surface area contributed by atoms with Gasteiger partial charge in [-0.25, -0.2) is 4.39 Å². The summed E-state index contributed by atoms with van der Waals surface area (Å²) in [6, 6.07) is 4.80. The molecule has 2 N–H and O–H groups in total. The summed E-state index contributed by atoms with van der Waals surface area (Å²) in [6.07, 6.45) is 2.13. The lowest BCUT2D eigenvalue weighted by Crippen LogP contribution is -2.52. The normalized spacial score (nSPS) is 20.9. The molecule has 2 heterocycles. The van der Waals surface area contributed by atoms with Gasteiger partial charge in [0.15, 0.2) is 5.82 Å². The molecule has 9 heteroatoms. The fourth-order valence-electron chi connectivity index (χ4n) is 3.21. The van der Waals surface area contributed by atoms with E-state index in [1.54, 1.807) is 16.8 Å². The van der Waals surface area contributed by atoms with Crippen LogP contribution in [0.4, 0.5) is 10.1 Å². The molecule has 26 heavy (non-hydrogen) atoms. The summed E-state index contributed by atoms with van der Waals surface area (Å²) in [6.45, 7) is 4.81. The molecule has 0 spiro atoms. The number of halogens is 1. The van der Waals surface area contributed by atoms with Crippen LogP contribution in [0.3, 0.4) is 0 Å². The van der Waals surface area contributed by atoms with Crippen molar-refractivity contribution in [2.75, 3.05) is 31.5 Å². The Kier molecular flexibility index (Phi) is 4.64. The van der Waals surface area contributed by atoms with E-state index in [-0.39, 0.29) is 24.2 Å². The number of carbonyl (C=O) groups is 1. The first kappa shape index (κ1) is 17.0. The lowest BCUT2D eigenvalue weighted by molar-refractivity contribution is -0.118. The number of tetrazole rings is 1. The number of benzene rings is 1. The lowest BCUT2D eigenvalue weighted by Gasteiger charge is -2.33. The Labute approximate surface area is 150 Å². The number of rotatable bonds is 5. The molecule has 1 saturated carbocycles. The van der Waals surface area contributed by atoms with Crippen molar-refractivity contribution in [3.63, 3.8) is 0 Å². The van der Waals surface area contributed by atoms with E-state index in [9.17, 15) is 9.18 Å². The van der Waals surface area contributed by atoms with Crippen molar-refractivity contribution >= 4 is 11.6 Å². The molecule has 1 aromatic heterocycles. The fraction of sp³-hybridized carbons (Fsp3) is 0.529. The smallest absolute Gasteiger partial charge is 0.238 e. The zero-order valence-corrected chi connectivity index (χ0v) is 14.7. The second-order valence-corrected chi connectivity index (χ2v) is 6.96. The predicted octanol–water partition coefficient (Wildman–Crippen LogP) is 0.911. The monoisotopic (exact) mass is 359 g/mol. The molecular weight excluding hydrogens is 337 g/mol. The number of hydrogen-bond donors (Lipinski definition) is 2. The number of hydrogen-bond acceptors (Lipinski definition) is 6. The van der Waals surface area contributed by atoms with Crippen molar-refractivity contribution in [3.8, 4) is 5.69 Å². The lowest BCUT2D eigenvalue weighted by atomic mass is 10.2. The third kappa shape index (κ3) is 3.58. The van der Waals surface area contributed by atoms with Crippen molar-refractivity contribution in [3.05, 3.63) is 29.8 Å². The molecule has 1 atom stereocenters. The molecule has 2 fully saturated rings. The molecule has 0 bridgehead atoms. The standard InChI is InChI=1S/C17H22FN7O/c1-11-9-19-6-7-24(11)10-16(26)20-15-8-13(4-5-14(15)18)25-17(12-2-3-12)21-22-23-25/h4-5,8,11-12,19H,2-3,6-7,9-10H2,1H3,(H,20,26)/t11-/m1/s1. The largest absolute Gasteiger partial charge is 0.322 e. The van der Waals surface area contributed by atoms with Gasteiger partial charge in [0.2, 0.25) is 5.91 Å². The van der Waals surface area contributed by atoms with Crippen molar-refractivity contribution in [1.82, 2.24) is 30.4 Å². The first-order valence-corrected chi connectivity index (χ1v) is 8.94. The second-order valence-electron chi connectivity index (χ2n) is 6.96. The summed E-state index contributed by atoms with van der Waals surface area (Å²) in [5, 5.41) is 17.8. The van der Waals surface area contributed by atoms with Gasteiger partial charge in [-0.05, 0) is 48.4 Å². The van der Waals surface area contributed by atoms with E-state index in [1.807, 2.05) is 0 Å². The second kappa shape index (κ2) is 7.08. The van der Waals surface area contributed by atoms with Crippen molar-refractivity contribution in [2.45, 2.75) is 31.7 Å². The van der Waals surface area contributed by atoms with Crippen LogP contribution in [0.5, 0.6) is 0 Å². The molecule has 138 valence electrons. The maximum absolute atomic E-state index is 14.2. The van der Waals surface area contributed by atoms with Gasteiger partial charge in [-0.3, -0.25) is 9.69 Å². The van der Waals surface area contributed by atoms with E-state index in [0.29, 0.717) is 11.6 Å². The zero-order valence-electron chi connectivity index (χ0n) is 14.7. The summed E-state index contributed by atoms with van der Waals surface area (Å²) in [5.74, 6) is 0.441. The van der Waals surface area contributed by atoms with Crippen molar-refractivity contribution in [2.24, 2.45) is 0 Å². The first-order valence-electron chi connectivity index (χ1n) is 8.94. The molecule has 0 radical (unpaired) electrons. The maximum atomic E-state index is 14.2. The highest BCUT2D eigenvalue weighted by molar-refractivity contribution is 5.92. The van der Waals surface area contributed by atoms with Crippen LogP contribution >= 0.6 is 0 Å². The Morgan fingerprint density at radius 1 is 1.42 bits per heavy atom. The number of amides is 1. The van der Waals surface area contributed by atoms with E-state index in [0.717, 1.165) is 38.3 Å². The van der Waals surface area contributed by atoms with Gasteiger partial charge in [0.25, 0.3) is 0 Å². The zero-order chi connectivity index (χ0) is 18.1. The van der Waals surface area contributed by atoms with Crippen LogP contribution < -0.4 is 10.6 Å². The molecule has 2 aromatic rings. The van der Waals surface area contributed by atoms with Crippen LogP contribution in [0.2, 0.25) is 0 Å². The Hall–Kier alpha value is -2.39. The summed E-state index contributed by atoms with van der Waals surface area (Å²) in [4.78, 5) is 14.5.